The Balaban J connectivity index is 1.60. The van der Waals surface area contributed by atoms with Crippen LogP contribution in [0.4, 0.5) is 0 Å². The fraction of sp³-hybridized carbons (Fsp3) is 0.261. The molecular formula is C23H22N2O2S2. The van der Waals surface area contributed by atoms with Crippen LogP contribution in [-0.2, 0) is 0 Å². The third-order valence-electron chi connectivity index (χ3n) is 5.29. The lowest BCUT2D eigenvalue weighted by Crippen LogP contribution is -2.33. The van der Waals surface area contributed by atoms with Gasteiger partial charge in [0.25, 0.3) is 0 Å². The number of hydrazone groups is 1. The number of fused-ring (bicyclic) bond motifs is 3. The number of rotatable bonds is 5. The van der Waals surface area contributed by atoms with Crippen molar-refractivity contribution in [1.29, 1.82) is 0 Å². The molecule has 0 fully saturated rings. The molecule has 0 bridgehead atoms. The van der Waals surface area contributed by atoms with Crippen molar-refractivity contribution >= 4 is 28.8 Å². The largest absolute Gasteiger partial charge is 0.490 e. The molecule has 0 aliphatic carbocycles. The summed E-state index contributed by atoms with van der Waals surface area (Å²) in [5.74, 6) is 1.65. The lowest BCUT2D eigenvalue weighted by Gasteiger charge is -2.38. The second kappa shape index (κ2) is 7.76. The summed E-state index contributed by atoms with van der Waals surface area (Å²) in [6, 6.07) is 19.1. The Morgan fingerprint density at radius 2 is 2.03 bits per heavy atom. The summed E-state index contributed by atoms with van der Waals surface area (Å²) >= 11 is 3.47. The molecule has 0 radical (unpaired) electrons. The molecule has 0 N–H and O–H groups in total. The first-order chi connectivity index (χ1) is 14.3. The molecule has 6 heteroatoms. The van der Waals surface area contributed by atoms with Gasteiger partial charge in [-0.3, -0.25) is 0 Å². The molecule has 0 amide bonds. The van der Waals surface area contributed by atoms with E-state index in [1.807, 2.05) is 19.1 Å². The molecule has 0 saturated heterocycles. The number of para-hydroxylation sites is 1. The first kappa shape index (κ1) is 18.6. The smallest absolute Gasteiger partial charge is 0.214 e. The van der Waals surface area contributed by atoms with Crippen molar-refractivity contribution in [1.82, 2.24) is 5.01 Å². The van der Waals surface area contributed by atoms with Gasteiger partial charge in [-0.25, -0.2) is 5.01 Å². The van der Waals surface area contributed by atoms with E-state index in [1.54, 1.807) is 23.1 Å². The van der Waals surface area contributed by atoms with Crippen molar-refractivity contribution in [3.05, 3.63) is 76.0 Å². The minimum absolute atomic E-state index is 0.140. The number of nitrogens with zero attached hydrogens (tertiary/aromatic N) is 2. The predicted molar refractivity (Wildman–Crippen MR) is 119 cm³/mol. The van der Waals surface area contributed by atoms with Gasteiger partial charge in [-0.15, -0.1) is 23.1 Å². The van der Waals surface area contributed by atoms with Gasteiger partial charge < -0.3 is 9.47 Å². The topological polar surface area (TPSA) is 34.1 Å². The number of thiophene rings is 1. The van der Waals surface area contributed by atoms with Crippen LogP contribution in [0.5, 0.6) is 11.5 Å². The fourth-order valence-electron chi connectivity index (χ4n) is 3.93. The summed E-state index contributed by atoms with van der Waals surface area (Å²) in [6.07, 6.45) is 2.68. The van der Waals surface area contributed by atoms with Crippen molar-refractivity contribution in [2.24, 2.45) is 5.10 Å². The van der Waals surface area contributed by atoms with Gasteiger partial charge in [0.05, 0.1) is 23.2 Å². The molecule has 4 nitrogen and oxygen atoms in total. The molecule has 1 aromatic heterocycles. The highest BCUT2D eigenvalue weighted by Gasteiger charge is 2.42. The van der Waals surface area contributed by atoms with E-state index in [4.69, 9.17) is 14.6 Å². The van der Waals surface area contributed by atoms with Crippen LogP contribution in [-0.4, -0.2) is 23.6 Å². The molecule has 29 heavy (non-hydrogen) atoms. The summed E-state index contributed by atoms with van der Waals surface area (Å²) in [5, 5.41) is 9.25. The molecule has 2 atom stereocenters. The van der Waals surface area contributed by atoms with Gasteiger partial charge in [-0.05, 0) is 42.8 Å². The highest BCUT2D eigenvalue weighted by atomic mass is 32.2. The molecule has 0 saturated carbocycles. The summed E-state index contributed by atoms with van der Waals surface area (Å²) in [7, 11) is 0. The van der Waals surface area contributed by atoms with Gasteiger partial charge in [0, 0.05) is 22.4 Å². The first-order valence-electron chi connectivity index (χ1n) is 9.74. The maximum absolute atomic E-state index is 6.55. The zero-order chi connectivity index (χ0) is 19.8. The molecule has 2 aliphatic heterocycles. The van der Waals surface area contributed by atoms with Gasteiger partial charge in [0.15, 0.2) is 11.5 Å². The number of benzene rings is 2. The lowest BCUT2D eigenvalue weighted by molar-refractivity contribution is -0.0212. The Kier molecular flexibility index (Phi) is 4.97. The van der Waals surface area contributed by atoms with E-state index in [0.29, 0.717) is 6.61 Å². The average molecular weight is 423 g/mol. The van der Waals surface area contributed by atoms with Crippen molar-refractivity contribution in [3.63, 3.8) is 0 Å². The monoisotopic (exact) mass is 422 g/mol. The number of thioether (sulfide) groups is 1. The minimum Gasteiger partial charge on any atom is -0.490 e. The summed E-state index contributed by atoms with van der Waals surface area (Å²) in [5.41, 5.74) is 3.36. The highest BCUT2D eigenvalue weighted by molar-refractivity contribution is 7.98. The minimum atomic E-state index is -0.275. The number of ether oxygens (including phenoxy) is 2. The zero-order valence-electron chi connectivity index (χ0n) is 16.4. The van der Waals surface area contributed by atoms with Crippen molar-refractivity contribution in [3.8, 4) is 11.5 Å². The fourth-order valence-corrected chi connectivity index (χ4v) is 5.06. The summed E-state index contributed by atoms with van der Waals surface area (Å²) in [6.45, 7) is 2.61. The van der Waals surface area contributed by atoms with Crippen molar-refractivity contribution in [2.45, 2.75) is 30.5 Å². The van der Waals surface area contributed by atoms with E-state index in [2.05, 4.69) is 59.1 Å². The number of hydrogen-bond donors (Lipinski definition) is 0. The van der Waals surface area contributed by atoms with Gasteiger partial charge >= 0.3 is 0 Å². The van der Waals surface area contributed by atoms with Crippen LogP contribution in [0.3, 0.4) is 0 Å². The Hall–Kier alpha value is -2.44. The van der Waals surface area contributed by atoms with Crippen LogP contribution in [0.1, 0.15) is 41.6 Å². The number of hydrogen-bond acceptors (Lipinski definition) is 6. The molecule has 5 rings (SSSR count). The maximum Gasteiger partial charge on any atom is 0.214 e. The van der Waals surface area contributed by atoms with Crippen molar-refractivity contribution in [2.75, 3.05) is 12.9 Å². The van der Waals surface area contributed by atoms with Gasteiger partial charge in [-0.1, -0.05) is 30.3 Å². The summed E-state index contributed by atoms with van der Waals surface area (Å²) in [4.78, 5) is 2.46. The summed E-state index contributed by atoms with van der Waals surface area (Å²) < 4.78 is 12.4. The third-order valence-corrected chi connectivity index (χ3v) is 6.95. The predicted octanol–water partition coefficient (Wildman–Crippen LogP) is 6.11. The zero-order valence-corrected chi connectivity index (χ0v) is 18.0. The van der Waals surface area contributed by atoms with Crippen LogP contribution < -0.4 is 9.47 Å². The molecule has 2 aliphatic rings. The van der Waals surface area contributed by atoms with E-state index in [-0.39, 0.29) is 12.3 Å². The second-order valence-corrected chi connectivity index (χ2v) is 8.80. The van der Waals surface area contributed by atoms with Crippen LogP contribution in [0, 0.1) is 0 Å². The van der Waals surface area contributed by atoms with Gasteiger partial charge in [0.2, 0.25) is 6.23 Å². The maximum atomic E-state index is 6.55. The Morgan fingerprint density at radius 3 is 2.76 bits per heavy atom. The third kappa shape index (κ3) is 3.30. The second-order valence-electron chi connectivity index (χ2n) is 6.97. The quantitative estimate of drug-likeness (QED) is 0.465. The van der Waals surface area contributed by atoms with Crippen molar-refractivity contribution < 1.29 is 9.47 Å². The van der Waals surface area contributed by atoms with E-state index in [1.165, 1.54) is 9.77 Å². The Bertz CT molecular complexity index is 1030. The molecule has 0 unspecified atom stereocenters. The Labute approximate surface area is 179 Å². The molecule has 3 aromatic rings. The molecular weight excluding hydrogens is 400 g/mol. The molecule has 0 spiro atoms. The van der Waals surface area contributed by atoms with E-state index < -0.39 is 0 Å². The van der Waals surface area contributed by atoms with E-state index in [9.17, 15) is 0 Å². The SMILES string of the molecule is CCOc1cccc2c1O[C@@H](c1ccc(SC)cc1)N1N=C(c3cccs3)C[C@H]21. The van der Waals surface area contributed by atoms with E-state index >= 15 is 0 Å². The van der Waals surface area contributed by atoms with Crippen LogP contribution in [0.2, 0.25) is 0 Å². The normalized spacial score (nSPS) is 19.9. The lowest BCUT2D eigenvalue weighted by atomic mass is 9.97. The van der Waals surface area contributed by atoms with Gasteiger partial charge in [-0.2, -0.15) is 5.10 Å². The average Bonchev–Trinajstić information content (AvgIpc) is 3.44. The molecule has 2 aromatic carbocycles. The standard InChI is InChI=1S/C23H22N2O2S2/c1-3-26-20-7-4-6-17-19-14-18(21-8-5-13-29-21)24-25(19)23(27-22(17)20)15-9-11-16(28-2)12-10-15/h4-13,19,23H,3,14H2,1-2H3/t19-,23+/m1/s1. The Morgan fingerprint density at radius 1 is 1.17 bits per heavy atom. The first-order valence-corrected chi connectivity index (χ1v) is 11.8. The van der Waals surface area contributed by atoms with Crippen LogP contribution in [0.25, 0.3) is 0 Å². The van der Waals surface area contributed by atoms with Crippen LogP contribution >= 0.6 is 23.1 Å². The van der Waals surface area contributed by atoms with E-state index in [0.717, 1.165) is 34.8 Å². The molecule has 3 heterocycles. The highest BCUT2D eigenvalue weighted by Crippen LogP contribution is 2.51. The molecule has 148 valence electrons. The van der Waals surface area contributed by atoms with Crippen LogP contribution in [0.15, 0.2) is 70.0 Å². The van der Waals surface area contributed by atoms with Gasteiger partial charge in [0.1, 0.15) is 0 Å².